The van der Waals surface area contributed by atoms with Crippen LogP contribution in [0, 0.1) is 6.92 Å². The molecule has 1 saturated heterocycles. The zero-order chi connectivity index (χ0) is 11.5. The maximum absolute atomic E-state index is 12.2. The number of hydrogen-bond donors (Lipinski definition) is 0. The molecular formula is C12H14ClNO2. The van der Waals surface area contributed by atoms with Crippen molar-refractivity contribution in [3.8, 4) is 0 Å². The van der Waals surface area contributed by atoms with E-state index in [0.29, 0.717) is 36.9 Å². The number of carbonyl (C=O) groups excluding carboxylic acids is 1. The van der Waals surface area contributed by atoms with E-state index in [0.717, 1.165) is 5.56 Å². The smallest absolute Gasteiger partial charge is 0.255 e. The number of rotatable bonds is 1. The van der Waals surface area contributed by atoms with Crippen molar-refractivity contribution in [2.24, 2.45) is 0 Å². The molecule has 0 aliphatic carbocycles. The number of ether oxygens (including phenoxy) is 1. The normalized spacial score (nSPS) is 16.2. The van der Waals surface area contributed by atoms with Gasteiger partial charge in [0.1, 0.15) is 0 Å². The quantitative estimate of drug-likeness (QED) is 0.751. The van der Waals surface area contributed by atoms with Crippen LogP contribution in [-0.2, 0) is 4.74 Å². The SMILES string of the molecule is Cc1ccc(Cl)c(C(=O)N2CCOCC2)c1. The molecule has 0 saturated carbocycles. The summed E-state index contributed by atoms with van der Waals surface area (Å²) < 4.78 is 5.21. The number of aryl methyl sites for hydroxylation is 1. The first-order valence-corrected chi connectivity index (χ1v) is 5.69. The van der Waals surface area contributed by atoms with Gasteiger partial charge in [0.25, 0.3) is 5.91 Å². The van der Waals surface area contributed by atoms with Gasteiger partial charge >= 0.3 is 0 Å². The Bertz CT molecular complexity index is 400. The first kappa shape index (κ1) is 11.4. The summed E-state index contributed by atoms with van der Waals surface area (Å²) >= 11 is 6.03. The highest BCUT2D eigenvalue weighted by atomic mass is 35.5. The van der Waals surface area contributed by atoms with E-state index in [9.17, 15) is 4.79 Å². The summed E-state index contributed by atoms with van der Waals surface area (Å²) in [5.74, 6) is -0.00278. The minimum Gasteiger partial charge on any atom is -0.378 e. The predicted octanol–water partition coefficient (Wildman–Crippen LogP) is 2.12. The number of morpholine rings is 1. The molecule has 0 bridgehead atoms. The van der Waals surface area contributed by atoms with Crippen LogP contribution in [0.5, 0.6) is 0 Å². The van der Waals surface area contributed by atoms with E-state index < -0.39 is 0 Å². The molecule has 86 valence electrons. The fraction of sp³-hybridized carbons (Fsp3) is 0.417. The standard InChI is InChI=1S/C12H14ClNO2/c1-9-2-3-11(13)10(8-9)12(15)14-4-6-16-7-5-14/h2-3,8H,4-7H2,1H3. The zero-order valence-electron chi connectivity index (χ0n) is 9.20. The van der Waals surface area contributed by atoms with Crippen LogP contribution >= 0.6 is 11.6 Å². The number of benzene rings is 1. The molecule has 0 spiro atoms. The highest BCUT2D eigenvalue weighted by molar-refractivity contribution is 6.33. The summed E-state index contributed by atoms with van der Waals surface area (Å²) in [5.41, 5.74) is 1.63. The second-order valence-corrected chi connectivity index (χ2v) is 4.30. The molecule has 0 N–H and O–H groups in total. The van der Waals surface area contributed by atoms with E-state index >= 15 is 0 Å². The lowest BCUT2D eigenvalue weighted by atomic mass is 10.1. The molecule has 1 heterocycles. The van der Waals surface area contributed by atoms with E-state index in [1.807, 2.05) is 19.1 Å². The van der Waals surface area contributed by atoms with Crippen molar-refractivity contribution in [3.63, 3.8) is 0 Å². The topological polar surface area (TPSA) is 29.5 Å². The van der Waals surface area contributed by atoms with Crippen LogP contribution in [0.4, 0.5) is 0 Å². The lowest BCUT2D eigenvalue weighted by Gasteiger charge is -2.27. The average Bonchev–Trinajstić information content (AvgIpc) is 2.32. The van der Waals surface area contributed by atoms with Gasteiger partial charge < -0.3 is 9.64 Å². The maximum atomic E-state index is 12.2. The summed E-state index contributed by atoms with van der Waals surface area (Å²) in [6, 6.07) is 5.50. The van der Waals surface area contributed by atoms with Crippen LogP contribution in [0.25, 0.3) is 0 Å². The van der Waals surface area contributed by atoms with E-state index in [2.05, 4.69) is 0 Å². The molecule has 1 aliphatic heterocycles. The molecule has 1 fully saturated rings. The van der Waals surface area contributed by atoms with Crippen LogP contribution in [-0.4, -0.2) is 37.1 Å². The molecule has 3 nitrogen and oxygen atoms in total. The summed E-state index contributed by atoms with van der Waals surface area (Å²) in [5, 5.41) is 0.516. The van der Waals surface area contributed by atoms with Crippen LogP contribution < -0.4 is 0 Å². The Morgan fingerprint density at radius 2 is 2.06 bits per heavy atom. The fourth-order valence-electron chi connectivity index (χ4n) is 1.74. The fourth-order valence-corrected chi connectivity index (χ4v) is 1.94. The third-order valence-electron chi connectivity index (χ3n) is 2.65. The second-order valence-electron chi connectivity index (χ2n) is 3.89. The molecule has 1 aromatic rings. The Labute approximate surface area is 100.0 Å². The van der Waals surface area contributed by atoms with Crippen molar-refractivity contribution < 1.29 is 9.53 Å². The van der Waals surface area contributed by atoms with E-state index in [-0.39, 0.29) is 5.91 Å². The van der Waals surface area contributed by atoms with Crippen molar-refractivity contribution in [2.75, 3.05) is 26.3 Å². The first-order chi connectivity index (χ1) is 7.68. The van der Waals surface area contributed by atoms with Crippen molar-refractivity contribution in [1.82, 2.24) is 4.90 Å². The van der Waals surface area contributed by atoms with Gasteiger partial charge in [-0.05, 0) is 19.1 Å². The average molecular weight is 240 g/mol. The highest BCUT2D eigenvalue weighted by Crippen LogP contribution is 2.19. The minimum atomic E-state index is -0.00278. The van der Waals surface area contributed by atoms with Crippen molar-refractivity contribution in [2.45, 2.75) is 6.92 Å². The minimum absolute atomic E-state index is 0.00278. The number of amides is 1. The maximum Gasteiger partial charge on any atom is 0.255 e. The molecule has 2 rings (SSSR count). The Kier molecular flexibility index (Phi) is 3.46. The first-order valence-electron chi connectivity index (χ1n) is 5.31. The van der Waals surface area contributed by atoms with Gasteiger partial charge in [-0.1, -0.05) is 23.2 Å². The molecule has 0 unspecified atom stereocenters. The largest absolute Gasteiger partial charge is 0.378 e. The van der Waals surface area contributed by atoms with E-state index in [1.54, 1.807) is 11.0 Å². The van der Waals surface area contributed by atoms with Crippen LogP contribution in [0.1, 0.15) is 15.9 Å². The number of carbonyl (C=O) groups is 1. The number of hydrogen-bond acceptors (Lipinski definition) is 2. The lowest BCUT2D eigenvalue weighted by Crippen LogP contribution is -2.40. The van der Waals surface area contributed by atoms with E-state index in [4.69, 9.17) is 16.3 Å². The number of nitrogens with zero attached hydrogens (tertiary/aromatic N) is 1. The molecule has 16 heavy (non-hydrogen) atoms. The van der Waals surface area contributed by atoms with Gasteiger partial charge in [0.15, 0.2) is 0 Å². The lowest BCUT2D eigenvalue weighted by molar-refractivity contribution is 0.0303. The molecule has 0 radical (unpaired) electrons. The van der Waals surface area contributed by atoms with Crippen molar-refractivity contribution in [1.29, 1.82) is 0 Å². The second kappa shape index (κ2) is 4.85. The third kappa shape index (κ3) is 2.36. The van der Waals surface area contributed by atoms with Gasteiger partial charge in [-0.15, -0.1) is 0 Å². The molecular weight excluding hydrogens is 226 g/mol. The molecule has 1 amide bonds. The van der Waals surface area contributed by atoms with E-state index in [1.165, 1.54) is 0 Å². The van der Waals surface area contributed by atoms with Crippen LogP contribution in [0.3, 0.4) is 0 Å². The molecule has 0 aromatic heterocycles. The Balaban J connectivity index is 2.22. The van der Waals surface area contributed by atoms with Gasteiger partial charge in [-0.3, -0.25) is 4.79 Å². The van der Waals surface area contributed by atoms with Gasteiger partial charge in [0.2, 0.25) is 0 Å². The number of halogens is 1. The predicted molar refractivity (Wildman–Crippen MR) is 62.9 cm³/mol. The van der Waals surface area contributed by atoms with Crippen LogP contribution in [0.2, 0.25) is 5.02 Å². The Hall–Kier alpha value is -1.06. The summed E-state index contributed by atoms with van der Waals surface area (Å²) in [7, 11) is 0. The highest BCUT2D eigenvalue weighted by Gasteiger charge is 2.20. The molecule has 1 aliphatic rings. The van der Waals surface area contributed by atoms with Crippen LogP contribution in [0.15, 0.2) is 18.2 Å². The Morgan fingerprint density at radius 3 is 2.75 bits per heavy atom. The zero-order valence-corrected chi connectivity index (χ0v) is 9.96. The van der Waals surface area contributed by atoms with Gasteiger partial charge in [-0.2, -0.15) is 0 Å². The summed E-state index contributed by atoms with van der Waals surface area (Å²) in [4.78, 5) is 13.9. The summed E-state index contributed by atoms with van der Waals surface area (Å²) in [6.07, 6.45) is 0. The molecule has 0 atom stereocenters. The van der Waals surface area contributed by atoms with Gasteiger partial charge in [0, 0.05) is 13.1 Å². The van der Waals surface area contributed by atoms with Crippen molar-refractivity contribution in [3.05, 3.63) is 34.3 Å². The molecule has 1 aromatic carbocycles. The third-order valence-corrected chi connectivity index (χ3v) is 2.98. The Morgan fingerprint density at radius 1 is 1.38 bits per heavy atom. The van der Waals surface area contributed by atoms with Gasteiger partial charge in [-0.25, -0.2) is 0 Å². The summed E-state index contributed by atoms with van der Waals surface area (Å²) in [6.45, 7) is 4.45. The molecule has 4 heteroatoms. The van der Waals surface area contributed by atoms with Gasteiger partial charge in [0.05, 0.1) is 23.8 Å². The monoisotopic (exact) mass is 239 g/mol. The van der Waals surface area contributed by atoms with Crippen molar-refractivity contribution >= 4 is 17.5 Å².